The lowest BCUT2D eigenvalue weighted by Crippen LogP contribution is -2.34. The molecule has 0 aliphatic carbocycles. The fraction of sp³-hybridized carbons (Fsp3) is 0.471. The summed E-state index contributed by atoms with van der Waals surface area (Å²) in [5.41, 5.74) is 7.92. The Morgan fingerprint density at radius 3 is 2.71 bits per heavy atom. The molecule has 0 saturated heterocycles. The summed E-state index contributed by atoms with van der Waals surface area (Å²) in [4.78, 5) is 4.30. The largest absolute Gasteiger partial charge is 0.398 e. The van der Waals surface area contributed by atoms with Crippen molar-refractivity contribution in [2.75, 3.05) is 17.6 Å². The summed E-state index contributed by atoms with van der Waals surface area (Å²) >= 11 is 0. The minimum atomic E-state index is -0.732. The molecule has 0 aliphatic heterocycles. The highest BCUT2D eigenvalue weighted by molar-refractivity contribution is 6.00. The molecule has 4 N–H and O–H groups in total. The molecule has 1 aromatic carbocycles. The lowest BCUT2D eigenvalue weighted by Gasteiger charge is -2.26. The van der Waals surface area contributed by atoms with E-state index in [1.807, 2.05) is 32.0 Å². The third-order valence-corrected chi connectivity index (χ3v) is 3.58. The second kappa shape index (κ2) is 5.90. The van der Waals surface area contributed by atoms with E-state index in [-0.39, 0.29) is 0 Å². The van der Waals surface area contributed by atoms with Gasteiger partial charge in [0, 0.05) is 40.6 Å². The Labute approximate surface area is 126 Å². The van der Waals surface area contributed by atoms with Crippen LogP contribution in [0.3, 0.4) is 0 Å². The van der Waals surface area contributed by atoms with Gasteiger partial charge in [-0.2, -0.15) is 0 Å². The molecular formula is C17H25N3O. The van der Waals surface area contributed by atoms with Gasteiger partial charge in [-0.25, -0.2) is 0 Å². The van der Waals surface area contributed by atoms with Gasteiger partial charge in [-0.3, -0.25) is 4.98 Å². The standard InChI is InChI=1S/C17H25N3O/c1-11(2)8-17(4,21)10-20-16-6-5-15(18)14-9-19-12(3)7-13(14)16/h5-7,9,11,20-21H,8,10,18H2,1-4H3. The maximum Gasteiger partial charge on any atom is 0.0793 e. The van der Waals surface area contributed by atoms with E-state index in [1.165, 1.54) is 0 Å². The minimum Gasteiger partial charge on any atom is -0.398 e. The highest BCUT2D eigenvalue weighted by atomic mass is 16.3. The zero-order valence-corrected chi connectivity index (χ0v) is 13.3. The van der Waals surface area contributed by atoms with Gasteiger partial charge in [0.25, 0.3) is 0 Å². The Morgan fingerprint density at radius 1 is 1.33 bits per heavy atom. The number of aliphatic hydroxyl groups is 1. The first-order valence-electron chi connectivity index (χ1n) is 7.39. The number of nitrogens with one attached hydrogen (secondary N) is 1. The van der Waals surface area contributed by atoms with Crippen LogP contribution in [0.15, 0.2) is 24.4 Å². The van der Waals surface area contributed by atoms with Crippen LogP contribution in [0, 0.1) is 12.8 Å². The predicted octanol–water partition coefficient (Wildman–Crippen LogP) is 3.33. The van der Waals surface area contributed by atoms with Gasteiger partial charge in [0.15, 0.2) is 0 Å². The molecule has 1 unspecified atom stereocenters. The molecule has 0 aliphatic rings. The minimum absolute atomic E-state index is 0.455. The molecule has 0 saturated carbocycles. The Kier molecular flexibility index (Phi) is 4.37. The van der Waals surface area contributed by atoms with Gasteiger partial charge in [0.1, 0.15) is 0 Å². The number of anilines is 2. The van der Waals surface area contributed by atoms with Crippen molar-refractivity contribution < 1.29 is 5.11 Å². The highest BCUT2D eigenvalue weighted by Crippen LogP contribution is 2.29. The van der Waals surface area contributed by atoms with Gasteiger partial charge in [0.05, 0.1) is 5.60 Å². The summed E-state index contributed by atoms with van der Waals surface area (Å²) in [6.07, 6.45) is 2.56. The molecule has 4 nitrogen and oxygen atoms in total. The molecule has 114 valence electrons. The number of benzene rings is 1. The number of aromatic nitrogens is 1. The maximum absolute atomic E-state index is 10.4. The molecule has 1 heterocycles. The molecule has 0 bridgehead atoms. The van der Waals surface area contributed by atoms with Crippen molar-refractivity contribution in [2.45, 2.75) is 39.7 Å². The van der Waals surface area contributed by atoms with Crippen LogP contribution in [0.1, 0.15) is 32.9 Å². The Morgan fingerprint density at radius 2 is 2.05 bits per heavy atom. The third kappa shape index (κ3) is 3.85. The van der Waals surface area contributed by atoms with E-state index in [9.17, 15) is 5.11 Å². The number of nitrogens with two attached hydrogens (primary N) is 1. The number of rotatable bonds is 5. The number of aryl methyl sites for hydroxylation is 1. The van der Waals surface area contributed by atoms with E-state index < -0.39 is 5.60 Å². The van der Waals surface area contributed by atoms with Gasteiger partial charge in [0.2, 0.25) is 0 Å². The molecule has 2 rings (SSSR count). The average molecular weight is 287 g/mol. The second-order valence-corrected chi connectivity index (χ2v) is 6.52. The quantitative estimate of drug-likeness (QED) is 0.738. The van der Waals surface area contributed by atoms with Crippen molar-refractivity contribution in [3.63, 3.8) is 0 Å². The molecule has 0 amide bonds. The SMILES string of the molecule is Cc1cc2c(NCC(C)(O)CC(C)C)ccc(N)c2cn1. The van der Waals surface area contributed by atoms with Crippen LogP contribution in [-0.4, -0.2) is 22.2 Å². The number of nitrogens with zero attached hydrogens (tertiary/aromatic N) is 1. The number of pyridine rings is 1. The van der Waals surface area contributed by atoms with E-state index >= 15 is 0 Å². The van der Waals surface area contributed by atoms with E-state index in [0.717, 1.165) is 34.3 Å². The van der Waals surface area contributed by atoms with E-state index in [4.69, 9.17) is 5.73 Å². The lowest BCUT2D eigenvalue weighted by molar-refractivity contribution is 0.0516. The van der Waals surface area contributed by atoms with Crippen molar-refractivity contribution in [3.8, 4) is 0 Å². The monoisotopic (exact) mass is 287 g/mol. The van der Waals surface area contributed by atoms with Crippen molar-refractivity contribution in [3.05, 3.63) is 30.1 Å². The molecule has 2 aromatic rings. The Hall–Kier alpha value is -1.81. The van der Waals surface area contributed by atoms with Crippen LogP contribution in [0.2, 0.25) is 0 Å². The maximum atomic E-state index is 10.4. The van der Waals surface area contributed by atoms with Gasteiger partial charge in [-0.05, 0) is 44.4 Å². The first-order chi connectivity index (χ1) is 9.78. The molecule has 21 heavy (non-hydrogen) atoms. The zero-order chi connectivity index (χ0) is 15.6. The number of nitrogen functional groups attached to an aromatic ring is 1. The third-order valence-electron chi connectivity index (χ3n) is 3.58. The summed E-state index contributed by atoms with van der Waals surface area (Å²) in [5.74, 6) is 0.455. The molecule has 1 atom stereocenters. The van der Waals surface area contributed by atoms with Gasteiger partial charge >= 0.3 is 0 Å². The zero-order valence-electron chi connectivity index (χ0n) is 13.3. The number of fused-ring (bicyclic) bond motifs is 1. The van der Waals surface area contributed by atoms with Gasteiger partial charge in [-0.15, -0.1) is 0 Å². The summed E-state index contributed by atoms with van der Waals surface area (Å²) in [6, 6.07) is 5.85. The van der Waals surface area contributed by atoms with E-state index in [1.54, 1.807) is 6.20 Å². The first-order valence-corrected chi connectivity index (χ1v) is 7.39. The van der Waals surface area contributed by atoms with Crippen LogP contribution in [0.5, 0.6) is 0 Å². The fourth-order valence-electron chi connectivity index (χ4n) is 2.76. The van der Waals surface area contributed by atoms with Crippen LogP contribution in [0.25, 0.3) is 10.8 Å². The van der Waals surface area contributed by atoms with Crippen molar-refractivity contribution in [1.29, 1.82) is 0 Å². The molecule has 0 fully saturated rings. The smallest absolute Gasteiger partial charge is 0.0793 e. The van der Waals surface area contributed by atoms with Crippen LogP contribution >= 0.6 is 0 Å². The predicted molar refractivity (Wildman–Crippen MR) is 89.5 cm³/mol. The fourth-order valence-corrected chi connectivity index (χ4v) is 2.76. The van der Waals surface area contributed by atoms with E-state index in [0.29, 0.717) is 12.5 Å². The summed E-state index contributed by atoms with van der Waals surface area (Å²) in [6.45, 7) is 8.56. The van der Waals surface area contributed by atoms with Crippen LogP contribution < -0.4 is 11.1 Å². The summed E-state index contributed by atoms with van der Waals surface area (Å²) in [5, 5.41) is 15.8. The molecule has 0 spiro atoms. The lowest BCUT2D eigenvalue weighted by atomic mass is 9.94. The number of hydrogen-bond donors (Lipinski definition) is 3. The Balaban J connectivity index is 2.27. The second-order valence-electron chi connectivity index (χ2n) is 6.52. The first kappa shape index (κ1) is 15.6. The summed E-state index contributed by atoms with van der Waals surface area (Å²) in [7, 11) is 0. The van der Waals surface area contributed by atoms with Crippen LogP contribution in [0.4, 0.5) is 11.4 Å². The van der Waals surface area contributed by atoms with Crippen LogP contribution in [-0.2, 0) is 0 Å². The van der Waals surface area contributed by atoms with Crippen molar-refractivity contribution in [2.24, 2.45) is 5.92 Å². The molecule has 0 radical (unpaired) electrons. The molecule has 4 heteroatoms. The molecule has 1 aromatic heterocycles. The average Bonchev–Trinajstić information content (AvgIpc) is 2.36. The van der Waals surface area contributed by atoms with Crippen molar-refractivity contribution >= 4 is 22.1 Å². The van der Waals surface area contributed by atoms with Crippen molar-refractivity contribution in [1.82, 2.24) is 4.98 Å². The van der Waals surface area contributed by atoms with E-state index in [2.05, 4.69) is 24.1 Å². The summed E-state index contributed by atoms with van der Waals surface area (Å²) < 4.78 is 0. The highest BCUT2D eigenvalue weighted by Gasteiger charge is 2.21. The topological polar surface area (TPSA) is 71.2 Å². The molecular weight excluding hydrogens is 262 g/mol. The Bertz CT molecular complexity index is 635. The normalized spacial score (nSPS) is 14.4. The van der Waals surface area contributed by atoms with Gasteiger partial charge < -0.3 is 16.2 Å². The number of hydrogen-bond acceptors (Lipinski definition) is 4. The van der Waals surface area contributed by atoms with Gasteiger partial charge in [-0.1, -0.05) is 13.8 Å².